The van der Waals surface area contributed by atoms with E-state index in [9.17, 15) is 18.4 Å². The zero-order chi connectivity index (χ0) is 16.7. The minimum Gasteiger partial charge on any atom is -0.472 e. The molecule has 0 amide bonds. The van der Waals surface area contributed by atoms with Gasteiger partial charge in [-0.2, -0.15) is 0 Å². The van der Waals surface area contributed by atoms with Crippen LogP contribution in [0.2, 0.25) is 0 Å². The summed E-state index contributed by atoms with van der Waals surface area (Å²) in [7, 11) is 0. The van der Waals surface area contributed by atoms with Crippen molar-refractivity contribution < 1.29 is 23.1 Å². The van der Waals surface area contributed by atoms with Crippen molar-refractivity contribution in [2.24, 2.45) is 0 Å². The Morgan fingerprint density at radius 2 is 1.04 bits per heavy atom. The predicted molar refractivity (Wildman–Crippen MR) is 80.8 cm³/mol. The largest absolute Gasteiger partial charge is 0.472 e. The number of hydrogen-bond donors (Lipinski definition) is 0. The molecule has 0 atom stereocenters. The number of halogens is 2. The topological polar surface area (TPSA) is 43.4 Å². The Morgan fingerprint density at radius 1 is 0.696 bits per heavy atom. The number of ketones is 2. The number of hydrogen-bond acceptors (Lipinski definition) is 3. The van der Waals surface area contributed by atoms with Crippen LogP contribution in [0.1, 0.15) is 20.7 Å². The number of benzene rings is 2. The number of carbonyl (C=O) groups excluding carboxylic acids is 2. The molecule has 5 heteroatoms. The molecule has 0 aliphatic carbocycles. The van der Waals surface area contributed by atoms with Gasteiger partial charge in [-0.3, -0.25) is 9.59 Å². The van der Waals surface area contributed by atoms with Gasteiger partial charge in [0.15, 0.2) is 11.6 Å². The fraction of sp³-hybridized carbons (Fsp3) is 0. The molecule has 2 aromatic rings. The SMILES string of the molecule is O=C(/C=C\O/C=C/C(=O)c1ccc(F)cc1)c1ccc(F)cc1. The lowest BCUT2D eigenvalue weighted by Gasteiger charge is -1.96. The fourth-order valence-electron chi connectivity index (χ4n) is 1.67. The van der Waals surface area contributed by atoms with Crippen LogP contribution in [-0.4, -0.2) is 11.6 Å². The van der Waals surface area contributed by atoms with Gasteiger partial charge in [0.25, 0.3) is 0 Å². The molecular formula is C18H12F2O3. The van der Waals surface area contributed by atoms with Gasteiger partial charge in [0.2, 0.25) is 0 Å². The molecular weight excluding hydrogens is 302 g/mol. The predicted octanol–water partition coefficient (Wildman–Crippen LogP) is 4.07. The first kappa shape index (κ1) is 16.3. The van der Waals surface area contributed by atoms with Crippen LogP contribution in [0.4, 0.5) is 8.78 Å². The monoisotopic (exact) mass is 314 g/mol. The van der Waals surface area contributed by atoms with Crippen molar-refractivity contribution in [3.8, 4) is 0 Å². The lowest BCUT2D eigenvalue weighted by Crippen LogP contribution is -1.95. The second-order valence-corrected chi connectivity index (χ2v) is 4.48. The summed E-state index contributed by atoms with van der Waals surface area (Å²) < 4.78 is 30.4. The molecule has 2 rings (SSSR count). The Hall–Kier alpha value is -3.08. The highest BCUT2D eigenvalue weighted by atomic mass is 19.1. The van der Waals surface area contributed by atoms with Crippen LogP contribution in [0, 0.1) is 11.6 Å². The van der Waals surface area contributed by atoms with Crippen LogP contribution in [0.5, 0.6) is 0 Å². The molecule has 0 spiro atoms. The fourth-order valence-corrected chi connectivity index (χ4v) is 1.67. The maximum atomic E-state index is 12.7. The Morgan fingerprint density at radius 3 is 1.39 bits per heavy atom. The lowest BCUT2D eigenvalue weighted by atomic mass is 10.1. The van der Waals surface area contributed by atoms with Crippen molar-refractivity contribution >= 4 is 11.6 Å². The van der Waals surface area contributed by atoms with Gasteiger partial charge in [0.1, 0.15) is 11.6 Å². The molecule has 0 fully saturated rings. The first-order valence-corrected chi connectivity index (χ1v) is 6.64. The Balaban J connectivity index is 1.86. The van der Waals surface area contributed by atoms with E-state index >= 15 is 0 Å². The van der Waals surface area contributed by atoms with Crippen LogP contribution < -0.4 is 0 Å². The molecule has 3 nitrogen and oxygen atoms in total. The van der Waals surface area contributed by atoms with Gasteiger partial charge in [-0.05, 0) is 48.5 Å². The van der Waals surface area contributed by atoms with Gasteiger partial charge in [-0.15, -0.1) is 0 Å². The van der Waals surface area contributed by atoms with Crippen molar-refractivity contribution in [3.05, 3.63) is 96.0 Å². The third kappa shape index (κ3) is 5.00. The summed E-state index contributed by atoms with van der Waals surface area (Å²) >= 11 is 0. The van der Waals surface area contributed by atoms with Crippen LogP contribution >= 0.6 is 0 Å². The van der Waals surface area contributed by atoms with Crippen molar-refractivity contribution in [3.63, 3.8) is 0 Å². The van der Waals surface area contributed by atoms with Crippen LogP contribution in [-0.2, 0) is 4.74 Å². The molecule has 0 saturated heterocycles. The first-order valence-electron chi connectivity index (χ1n) is 6.64. The molecule has 0 aliphatic heterocycles. The van der Waals surface area contributed by atoms with Gasteiger partial charge in [-0.1, -0.05) is 0 Å². The molecule has 0 saturated carbocycles. The third-order valence-electron chi connectivity index (χ3n) is 2.85. The summed E-state index contributed by atoms with van der Waals surface area (Å²) in [5.74, 6) is -1.57. The number of carbonyl (C=O) groups is 2. The molecule has 0 radical (unpaired) electrons. The number of allylic oxidation sites excluding steroid dienone is 2. The maximum absolute atomic E-state index is 12.7. The normalized spacial score (nSPS) is 11.0. The Bertz CT molecular complexity index is 679. The summed E-state index contributed by atoms with van der Waals surface area (Å²) in [4.78, 5) is 23.4. The second kappa shape index (κ2) is 7.79. The molecule has 0 aliphatic rings. The Kier molecular flexibility index (Phi) is 5.52. The minimum absolute atomic E-state index is 0.317. The summed E-state index contributed by atoms with van der Waals surface area (Å²) in [6.07, 6.45) is 4.53. The van der Waals surface area contributed by atoms with Crippen molar-refractivity contribution in [2.45, 2.75) is 0 Å². The summed E-state index contributed by atoms with van der Waals surface area (Å²) in [6.45, 7) is 0. The molecule has 0 aromatic heterocycles. The minimum atomic E-state index is -0.427. The van der Waals surface area contributed by atoms with E-state index < -0.39 is 11.6 Å². The van der Waals surface area contributed by atoms with E-state index in [1.165, 1.54) is 48.5 Å². The smallest absolute Gasteiger partial charge is 0.188 e. The summed E-state index contributed by atoms with van der Waals surface area (Å²) in [5.41, 5.74) is 0.634. The highest BCUT2D eigenvalue weighted by Gasteiger charge is 2.02. The number of ether oxygens (including phenoxy) is 1. The van der Waals surface area contributed by atoms with Gasteiger partial charge in [0.05, 0.1) is 12.5 Å². The summed E-state index contributed by atoms with van der Waals surface area (Å²) in [6, 6.07) is 10.2. The van der Waals surface area contributed by atoms with E-state index in [0.29, 0.717) is 11.1 Å². The van der Waals surface area contributed by atoms with E-state index in [0.717, 1.165) is 24.7 Å². The van der Waals surface area contributed by atoms with Crippen LogP contribution in [0.3, 0.4) is 0 Å². The molecule has 2 aromatic carbocycles. The Labute approximate surface area is 131 Å². The highest BCUT2D eigenvalue weighted by molar-refractivity contribution is 6.04. The highest BCUT2D eigenvalue weighted by Crippen LogP contribution is 2.06. The summed E-state index contributed by atoms with van der Waals surface area (Å²) in [5, 5.41) is 0. The van der Waals surface area contributed by atoms with Crippen molar-refractivity contribution in [2.75, 3.05) is 0 Å². The van der Waals surface area contributed by atoms with E-state index in [-0.39, 0.29) is 11.6 Å². The molecule has 116 valence electrons. The molecule has 0 N–H and O–H groups in total. The van der Waals surface area contributed by atoms with E-state index in [2.05, 4.69) is 0 Å². The number of rotatable bonds is 6. The third-order valence-corrected chi connectivity index (χ3v) is 2.85. The zero-order valence-electron chi connectivity index (χ0n) is 11.9. The second-order valence-electron chi connectivity index (χ2n) is 4.48. The molecule has 0 unspecified atom stereocenters. The van der Waals surface area contributed by atoms with Crippen molar-refractivity contribution in [1.29, 1.82) is 0 Å². The maximum Gasteiger partial charge on any atom is 0.188 e. The van der Waals surface area contributed by atoms with Crippen LogP contribution in [0.15, 0.2) is 73.2 Å². The van der Waals surface area contributed by atoms with E-state index in [1.54, 1.807) is 0 Å². The van der Waals surface area contributed by atoms with E-state index in [4.69, 9.17) is 4.74 Å². The van der Waals surface area contributed by atoms with Gasteiger partial charge in [-0.25, -0.2) is 8.78 Å². The van der Waals surface area contributed by atoms with Crippen LogP contribution in [0.25, 0.3) is 0 Å². The van der Waals surface area contributed by atoms with Gasteiger partial charge >= 0.3 is 0 Å². The van der Waals surface area contributed by atoms with Crippen molar-refractivity contribution in [1.82, 2.24) is 0 Å². The van der Waals surface area contributed by atoms with Gasteiger partial charge in [0, 0.05) is 23.3 Å². The average molecular weight is 314 g/mol. The first-order chi connectivity index (χ1) is 11.1. The lowest BCUT2D eigenvalue weighted by molar-refractivity contribution is 0.103. The van der Waals surface area contributed by atoms with E-state index in [1.807, 2.05) is 0 Å². The molecule has 23 heavy (non-hydrogen) atoms. The average Bonchev–Trinajstić information content (AvgIpc) is 2.55. The molecule has 0 heterocycles. The zero-order valence-corrected chi connectivity index (χ0v) is 11.9. The standard InChI is InChI=1S/C18H12F2O3/c19-15-5-1-13(2-6-15)17(21)9-11-23-12-10-18(22)14-3-7-16(20)8-4-14/h1-12H/b11-9-,12-10+. The van der Waals surface area contributed by atoms with Gasteiger partial charge < -0.3 is 4.74 Å². The quantitative estimate of drug-likeness (QED) is 0.458. The molecule has 0 bridgehead atoms.